The van der Waals surface area contributed by atoms with Crippen LogP contribution in [0.5, 0.6) is 11.8 Å². The molecule has 21 nitrogen and oxygen atoms in total. The lowest BCUT2D eigenvalue weighted by atomic mass is 10.1. The zero-order chi connectivity index (χ0) is 68.5. The van der Waals surface area contributed by atoms with Gasteiger partial charge in [-0.2, -0.15) is 9.97 Å². The van der Waals surface area contributed by atoms with Gasteiger partial charge in [-0.25, -0.2) is 19.3 Å². The molecule has 6 saturated carbocycles. The van der Waals surface area contributed by atoms with Crippen LogP contribution in [0.15, 0.2) is 60.7 Å². The van der Waals surface area contributed by atoms with Crippen molar-refractivity contribution in [2.75, 3.05) is 167 Å². The molecule has 1 amide bonds. The molecule has 5 saturated heterocycles. The Morgan fingerprint density at radius 2 is 0.816 bits per heavy atom. The number of nitrogens with one attached hydrogen (secondary N) is 1. The molecule has 98 heavy (non-hydrogen) atoms. The van der Waals surface area contributed by atoms with E-state index < -0.39 is 5.82 Å². The van der Waals surface area contributed by atoms with Crippen molar-refractivity contribution in [1.29, 1.82) is 0 Å². The molecule has 6 aliphatic carbocycles. The molecular weight excluding hydrogens is 1360 g/mol. The molecule has 27 heteroatoms. The van der Waals surface area contributed by atoms with Gasteiger partial charge in [-0.05, 0) is 199 Å². The second kappa shape index (κ2) is 33.5. The van der Waals surface area contributed by atoms with Gasteiger partial charge in [0.05, 0.1) is 103 Å². The third-order valence-corrected chi connectivity index (χ3v) is 20.0. The van der Waals surface area contributed by atoms with E-state index in [1.807, 2.05) is 66.6 Å². The first kappa shape index (κ1) is 75.7. The Bertz CT molecular complexity index is 3370. The average Bonchev–Trinajstić information content (AvgIpc) is 1.36. The monoisotopic (exact) mass is 1460 g/mol. The number of carbonyl (C=O) groups is 1. The maximum Gasteiger partial charge on any atom is 0.251 e. The molecular formula is C71H99Cl5FN13O8. The maximum atomic E-state index is 12.5. The molecule has 16 rings (SSSR count). The van der Waals surface area contributed by atoms with Crippen molar-refractivity contribution >= 4 is 93.3 Å². The minimum absolute atomic E-state index is 0. The van der Waals surface area contributed by atoms with Crippen molar-refractivity contribution in [2.45, 2.75) is 144 Å². The van der Waals surface area contributed by atoms with Crippen LogP contribution >= 0.6 is 58.8 Å². The molecule has 0 bridgehead atoms. The molecule has 5 aromatic rings. The maximum absolute atomic E-state index is 12.5. The fraction of sp³-hybridized carbons (Fsp3) is 0.634. The van der Waals surface area contributed by atoms with Crippen LogP contribution in [0.1, 0.15) is 113 Å². The van der Waals surface area contributed by atoms with E-state index in [2.05, 4.69) is 82.5 Å². The van der Waals surface area contributed by atoms with Gasteiger partial charge < -0.3 is 72.8 Å². The summed E-state index contributed by atoms with van der Waals surface area (Å²) in [6.45, 7) is 14.0. The number of methoxy groups -OCH3 is 2. The van der Waals surface area contributed by atoms with Gasteiger partial charge in [-0.1, -0.05) is 46.4 Å². The summed E-state index contributed by atoms with van der Waals surface area (Å²) in [5.74, 6) is 0.976. The van der Waals surface area contributed by atoms with E-state index in [4.69, 9.17) is 79.8 Å². The van der Waals surface area contributed by atoms with Crippen LogP contribution in [0.3, 0.4) is 0 Å². The highest BCUT2D eigenvalue weighted by atomic mass is 35.5. The quantitative estimate of drug-likeness (QED) is 0.104. The molecule has 0 unspecified atom stereocenters. The molecule has 1 N–H and O–H groups in total. The highest BCUT2D eigenvalue weighted by Crippen LogP contribution is 2.48. The van der Waals surface area contributed by atoms with E-state index in [1.54, 1.807) is 13.2 Å². The van der Waals surface area contributed by atoms with Crippen molar-refractivity contribution < 1.29 is 42.3 Å². The summed E-state index contributed by atoms with van der Waals surface area (Å²) in [5.41, 5.74) is 8.58. The number of hydrogen-bond acceptors (Lipinski definition) is 20. The fourth-order valence-electron chi connectivity index (χ4n) is 12.9. The first-order chi connectivity index (χ1) is 46.6. The van der Waals surface area contributed by atoms with Crippen molar-refractivity contribution in [3.8, 4) is 11.8 Å². The van der Waals surface area contributed by atoms with Crippen LogP contribution in [0.4, 0.5) is 33.0 Å². The number of anilines is 5. The summed E-state index contributed by atoms with van der Waals surface area (Å²) in [5, 5.41) is 4.77. The van der Waals surface area contributed by atoms with Gasteiger partial charge in [0, 0.05) is 84.5 Å². The van der Waals surface area contributed by atoms with Crippen molar-refractivity contribution in [3.05, 3.63) is 104 Å². The molecule has 11 aliphatic rings. The minimum Gasteiger partial charge on any atom is -0.479 e. The molecule has 10 heterocycles. The van der Waals surface area contributed by atoms with Crippen molar-refractivity contribution in [1.82, 2.24) is 39.6 Å². The smallest absolute Gasteiger partial charge is 0.251 e. The first-order valence-corrected chi connectivity index (χ1v) is 35.9. The summed E-state index contributed by atoms with van der Waals surface area (Å²) in [6, 6.07) is 18.3. The fourth-order valence-corrected chi connectivity index (χ4v) is 13.6. The number of amides is 1. The third kappa shape index (κ3) is 21.3. The zero-order valence-electron chi connectivity index (χ0n) is 58.2. The molecule has 0 aromatic carbocycles. The Balaban J connectivity index is 0.000000131. The number of pyridine rings is 5. The normalized spacial score (nSPS) is 21.0. The average molecular weight is 1460 g/mol. The topological polar surface area (TPSA) is 181 Å². The number of morpholine rings is 4. The van der Waals surface area contributed by atoms with Crippen LogP contribution in [0, 0.1) is 11.7 Å². The number of ether oxygens (including phenoxy) is 7. The standard InChI is InChI=1S/C18H26N4O2.2C14H20ClN3O.C12H15ClN2O2.C7H12O.C6H5ClFNO.ClH/c1-21(2)11-14-15(22-9-10-24-18(12-22)7-8-18)5-6-16(19-14)20-17(23)13-3-4-13;2*1-17(2)9-11-12(3-4-13(15)16-11)18-7-8-19-14(10-18)5-6-14;1-16-11-9(2-3-10(13)14-11)15-6-7-17-12(8-15)4-5-12;1-2-6-8-7(3-1)4-5-7;1-10-6-4(8)2-3-5(7)9-6;/h5-6,13H,3-4,7-12H2,1-2H3,(H,19,20,23);2*3-4H,5-10H2,1-2H3;2-3H,4-8H2,1H3;1-6H2;2-3H,1H3;1H. The lowest BCUT2D eigenvalue weighted by Crippen LogP contribution is -2.44. The summed E-state index contributed by atoms with van der Waals surface area (Å²) < 4.78 is 51.4. The van der Waals surface area contributed by atoms with E-state index in [9.17, 15) is 9.18 Å². The predicted octanol–water partition coefficient (Wildman–Crippen LogP) is 12.3. The third-order valence-electron chi connectivity index (χ3n) is 19.2. The van der Waals surface area contributed by atoms with E-state index in [1.165, 1.54) is 94.1 Å². The molecule has 0 radical (unpaired) electrons. The number of nitrogens with zero attached hydrogens (tertiary/aromatic N) is 12. The van der Waals surface area contributed by atoms with E-state index >= 15 is 0 Å². The number of aromatic nitrogens is 5. The SMILES string of the molecule is C1CCC2(CC2)OC1.CN(C)Cc1nc(Cl)ccc1N1CCOC2(CC2)C1.CN(C)Cc1nc(Cl)ccc1N1CCOC2(CC2)C1.CN(C)Cc1nc(NC(=O)C2CC2)ccc1N1CCOC2(CC2)C1.COc1nc(Cl)ccc1F.COc1nc(Cl)ccc1N1CCOC2(CC2)C1.Cl. The van der Waals surface area contributed by atoms with Crippen LogP contribution in [0.25, 0.3) is 0 Å². The molecule has 5 spiro atoms. The molecule has 11 fully saturated rings. The Kier molecular flexibility index (Phi) is 25.9. The minimum atomic E-state index is -0.507. The van der Waals surface area contributed by atoms with E-state index in [-0.39, 0.29) is 57.7 Å². The second-order valence-corrected chi connectivity index (χ2v) is 30.0. The highest BCUT2D eigenvalue weighted by Gasteiger charge is 2.51. The molecule has 5 aromatic heterocycles. The van der Waals surface area contributed by atoms with E-state index in [0.717, 1.165) is 166 Å². The zero-order valence-corrected chi connectivity index (χ0v) is 62.0. The Labute approximate surface area is 604 Å². The van der Waals surface area contributed by atoms with E-state index in [0.29, 0.717) is 32.8 Å². The highest BCUT2D eigenvalue weighted by molar-refractivity contribution is 6.30. The summed E-state index contributed by atoms with van der Waals surface area (Å²) in [7, 11) is 15.2. The lowest BCUT2D eigenvalue weighted by Gasteiger charge is -2.36. The second-order valence-electron chi connectivity index (χ2n) is 28.4. The Morgan fingerprint density at radius 3 is 1.16 bits per heavy atom. The first-order valence-electron chi connectivity index (χ1n) is 34.4. The van der Waals surface area contributed by atoms with Gasteiger partial charge in [0.2, 0.25) is 11.8 Å². The molecule has 538 valence electrons. The lowest BCUT2D eigenvalue weighted by molar-refractivity contribution is -0.117. The summed E-state index contributed by atoms with van der Waals surface area (Å²) >= 11 is 23.4. The Hall–Kier alpha value is -4.92. The predicted molar refractivity (Wildman–Crippen MR) is 387 cm³/mol. The van der Waals surface area contributed by atoms with Crippen molar-refractivity contribution in [2.24, 2.45) is 5.92 Å². The van der Waals surface area contributed by atoms with Crippen LogP contribution in [-0.2, 0) is 48.1 Å². The van der Waals surface area contributed by atoms with Gasteiger partial charge in [0.25, 0.3) is 5.88 Å². The van der Waals surface area contributed by atoms with Gasteiger partial charge in [0.15, 0.2) is 5.82 Å². The largest absolute Gasteiger partial charge is 0.479 e. The molecule has 0 atom stereocenters. The summed E-state index contributed by atoms with van der Waals surface area (Å²) in [4.78, 5) is 49.3. The number of hydrogen-bond donors (Lipinski definition) is 1. The molecule has 5 aliphatic heterocycles. The van der Waals surface area contributed by atoms with Gasteiger partial charge >= 0.3 is 0 Å². The number of rotatable bonds is 14. The number of halogens is 6. The van der Waals surface area contributed by atoms with Crippen LogP contribution in [0.2, 0.25) is 20.6 Å². The van der Waals surface area contributed by atoms with Crippen molar-refractivity contribution in [3.63, 3.8) is 0 Å². The van der Waals surface area contributed by atoms with Gasteiger partial charge in [-0.15, -0.1) is 12.4 Å². The van der Waals surface area contributed by atoms with Gasteiger partial charge in [0.1, 0.15) is 32.1 Å². The summed E-state index contributed by atoms with van der Waals surface area (Å²) in [6.07, 6.45) is 18.1. The van der Waals surface area contributed by atoms with Crippen LogP contribution < -0.4 is 34.4 Å². The van der Waals surface area contributed by atoms with Crippen LogP contribution in [-0.4, -0.2) is 215 Å². The number of carbonyl (C=O) groups excluding carboxylic acids is 1. The Morgan fingerprint density at radius 1 is 0.469 bits per heavy atom. The van der Waals surface area contributed by atoms with Gasteiger partial charge in [-0.3, -0.25) is 4.79 Å².